The minimum absolute atomic E-state index is 0.177. The predicted octanol–water partition coefficient (Wildman–Crippen LogP) is 3.82. The van der Waals surface area contributed by atoms with Crippen LogP contribution in [-0.2, 0) is 6.42 Å². The van der Waals surface area contributed by atoms with E-state index in [4.69, 9.17) is 0 Å². The van der Waals surface area contributed by atoms with Gasteiger partial charge in [-0.1, -0.05) is 38.1 Å². The summed E-state index contributed by atoms with van der Waals surface area (Å²) in [7, 11) is 0. The fourth-order valence-corrected chi connectivity index (χ4v) is 1.37. The van der Waals surface area contributed by atoms with Crippen LogP contribution < -0.4 is 0 Å². The molecule has 0 atom stereocenters. The van der Waals surface area contributed by atoms with Crippen molar-refractivity contribution in [2.24, 2.45) is 5.92 Å². The van der Waals surface area contributed by atoms with Crippen LogP contribution in [0.1, 0.15) is 31.4 Å². The van der Waals surface area contributed by atoms with Crippen LogP contribution >= 0.6 is 0 Å². The number of benzene rings is 1. The molecule has 0 aliphatic carbocycles. The first kappa shape index (κ1) is 10.2. The van der Waals surface area contributed by atoms with Crippen molar-refractivity contribution in [3.63, 3.8) is 0 Å². The lowest BCUT2D eigenvalue weighted by molar-refractivity contribution is 0.150. The number of hydrogen-bond donors (Lipinski definition) is 0. The van der Waals surface area contributed by atoms with Gasteiger partial charge in [0.1, 0.15) is 0 Å². The van der Waals surface area contributed by atoms with E-state index in [1.807, 2.05) is 19.9 Å². The average Bonchev–Trinajstić information content (AvgIpc) is 2.03. The maximum absolute atomic E-state index is 12.5. The normalized spacial score (nSPS) is 11.2. The van der Waals surface area contributed by atoms with E-state index in [1.54, 1.807) is 12.1 Å². The second-order valence-corrected chi connectivity index (χ2v) is 3.60. The summed E-state index contributed by atoms with van der Waals surface area (Å²) < 4.78 is 25.0. The molecule has 0 fully saturated rings. The first-order valence-electron chi connectivity index (χ1n) is 4.47. The van der Waals surface area contributed by atoms with Gasteiger partial charge in [0.2, 0.25) is 0 Å². The fourth-order valence-electron chi connectivity index (χ4n) is 1.37. The Morgan fingerprint density at radius 2 is 1.77 bits per heavy atom. The summed E-state index contributed by atoms with van der Waals surface area (Å²) in [4.78, 5) is 0. The zero-order valence-electron chi connectivity index (χ0n) is 7.93. The van der Waals surface area contributed by atoms with Crippen LogP contribution in [-0.4, -0.2) is 0 Å². The highest BCUT2D eigenvalue weighted by Gasteiger charge is 2.12. The van der Waals surface area contributed by atoms with Crippen LogP contribution in [0.4, 0.5) is 8.78 Å². The van der Waals surface area contributed by atoms with Crippen LogP contribution in [0.5, 0.6) is 0 Å². The molecule has 0 amide bonds. The van der Waals surface area contributed by atoms with Gasteiger partial charge >= 0.3 is 0 Å². The Hall–Kier alpha value is -0.920. The van der Waals surface area contributed by atoms with Crippen LogP contribution in [0.2, 0.25) is 0 Å². The molecule has 0 spiro atoms. The minimum atomic E-state index is -2.35. The molecule has 72 valence electrons. The zero-order valence-corrected chi connectivity index (χ0v) is 7.93. The van der Waals surface area contributed by atoms with Gasteiger partial charge in [0.25, 0.3) is 6.43 Å². The molecular formula is C11H14F2. The second kappa shape index (κ2) is 4.35. The molecule has 0 aromatic heterocycles. The van der Waals surface area contributed by atoms with E-state index < -0.39 is 6.43 Å². The van der Waals surface area contributed by atoms with Crippen LogP contribution in [0.15, 0.2) is 24.3 Å². The number of halogens is 2. The Morgan fingerprint density at radius 3 is 2.31 bits per heavy atom. The molecule has 1 aromatic carbocycles. The summed E-state index contributed by atoms with van der Waals surface area (Å²) in [6.07, 6.45) is -1.63. The molecule has 0 heterocycles. The van der Waals surface area contributed by atoms with E-state index in [0.717, 1.165) is 12.0 Å². The summed E-state index contributed by atoms with van der Waals surface area (Å²) in [6, 6.07) is 6.75. The molecule has 0 saturated carbocycles. The topological polar surface area (TPSA) is 0 Å². The highest BCUT2D eigenvalue weighted by Crippen LogP contribution is 2.24. The lowest BCUT2D eigenvalue weighted by Gasteiger charge is -2.10. The van der Waals surface area contributed by atoms with E-state index in [-0.39, 0.29) is 5.56 Å². The largest absolute Gasteiger partial charge is 0.264 e. The van der Waals surface area contributed by atoms with E-state index in [0.29, 0.717) is 5.92 Å². The quantitative estimate of drug-likeness (QED) is 0.669. The third kappa shape index (κ3) is 2.79. The molecule has 0 nitrogen and oxygen atoms in total. The van der Waals surface area contributed by atoms with E-state index in [9.17, 15) is 8.78 Å². The van der Waals surface area contributed by atoms with Crippen LogP contribution in [0.25, 0.3) is 0 Å². The van der Waals surface area contributed by atoms with Crippen molar-refractivity contribution in [1.82, 2.24) is 0 Å². The van der Waals surface area contributed by atoms with Gasteiger partial charge in [0.05, 0.1) is 0 Å². The molecule has 0 N–H and O–H groups in total. The van der Waals surface area contributed by atoms with Crippen molar-refractivity contribution in [2.45, 2.75) is 26.7 Å². The summed E-state index contributed by atoms with van der Waals surface area (Å²) >= 11 is 0. The SMILES string of the molecule is CC(C)Cc1ccccc1C(F)F. The zero-order chi connectivity index (χ0) is 9.84. The smallest absolute Gasteiger partial charge is 0.205 e. The average molecular weight is 184 g/mol. The van der Waals surface area contributed by atoms with Crippen molar-refractivity contribution in [3.05, 3.63) is 35.4 Å². The number of rotatable bonds is 3. The first-order chi connectivity index (χ1) is 6.11. The Balaban J connectivity index is 2.91. The molecule has 1 rings (SSSR count). The summed E-state index contributed by atoms with van der Waals surface area (Å²) in [5.41, 5.74) is 0.948. The molecule has 0 saturated heterocycles. The second-order valence-electron chi connectivity index (χ2n) is 3.60. The van der Waals surface area contributed by atoms with Gasteiger partial charge in [-0.3, -0.25) is 0 Å². The summed E-state index contributed by atoms with van der Waals surface area (Å²) in [5, 5.41) is 0. The number of alkyl halides is 2. The highest BCUT2D eigenvalue weighted by atomic mass is 19.3. The van der Waals surface area contributed by atoms with Gasteiger partial charge in [-0.15, -0.1) is 0 Å². The predicted molar refractivity (Wildman–Crippen MR) is 49.9 cm³/mol. The third-order valence-electron chi connectivity index (χ3n) is 1.92. The summed E-state index contributed by atoms with van der Waals surface area (Å²) in [5.74, 6) is 0.417. The lowest BCUT2D eigenvalue weighted by Crippen LogP contribution is -1.99. The van der Waals surface area contributed by atoms with Gasteiger partial charge in [-0.05, 0) is 17.9 Å². The van der Waals surface area contributed by atoms with E-state index >= 15 is 0 Å². The van der Waals surface area contributed by atoms with Crippen molar-refractivity contribution < 1.29 is 8.78 Å². The molecule has 0 radical (unpaired) electrons. The minimum Gasteiger partial charge on any atom is -0.205 e. The maximum atomic E-state index is 12.5. The summed E-state index contributed by atoms with van der Waals surface area (Å²) in [6.45, 7) is 4.06. The van der Waals surface area contributed by atoms with Gasteiger partial charge in [0, 0.05) is 5.56 Å². The molecular weight excluding hydrogens is 170 g/mol. The molecule has 2 heteroatoms. The Morgan fingerprint density at radius 1 is 1.15 bits per heavy atom. The Labute approximate surface area is 77.6 Å². The molecule has 1 aromatic rings. The van der Waals surface area contributed by atoms with E-state index in [2.05, 4.69) is 0 Å². The Bertz CT molecular complexity index is 267. The third-order valence-corrected chi connectivity index (χ3v) is 1.92. The van der Waals surface area contributed by atoms with Gasteiger partial charge in [-0.2, -0.15) is 0 Å². The molecule has 0 unspecified atom stereocenters. The highest BCUT2D eigenvalue weighted by molar-refractivity contribution is 5.28. The van der Waals surface area contributed by atoms with Crippen LogP contribution in [0.3, 0.4) is 0 Å². The monoisotopic (exact) mass is 184 g/mol. The van der Waals surface area contributed by atoms with Gasteiger partial charge in [0.15, 0.2) is 0 Å². The first-order valence-corrected chi connectivity index (χ1v) is 4.47. The van der Waals surface area contributed by atoms with Crippen molar-refractivity contribution in [3.8, 4) is 0 Å². The lowest BCUT2D eigenvalue weighted by atomic mass is 9.98. The standard InChI is InChI=1S/C11H14F2/c1-8(2)7-9-5-3-4-6-10(9)11(12)13/h3-6,8,11H,7H2,1-2H3. The van der Waals surface area contributed by atoms with Crippen LogP contribution in [0, 0.1) is 5.92 Å². The molecule has 0 aliphatic heterocycles. The molecule has 13 heavy (non-hydrogen) atoms. The van der Waals surface area contributed by atoms with Crippen molar-refractivity contribution >= 4 is 0 Å². The number of hydrogen-bond acceptors (Lipinski definition) is 0. The molecule has 0 bridgehead atoms. The van der Waals surface area contributed by atoms with E-state index in [1.165, 1.54) is 6.07 Å². The maximum Gasteiger partial charge on any atom is 0.264 e. The van der Waals surface area contributed by atoms with Crippen molar-refractivity contribution in [1.29, 1.82) is 0 Å². The van der Waals surface area contributed by atoms with Gasteiger partial charge < -0.3 is 0 Å². The molecule has 0 aliphatic rings. The Kier molecular flexibility index (Phi) is 3.40. The van der Waals surface area contributed by atoms with Gasteiger partial charge in [-0.25, -0.2) is 8.78 Å². The van der Waals surface area contributed by atoms with Crippen molar-refractivity contribution in [2.75, 3.05) is 0 Å². The fraction of sp³-hybridized carbons (Fsp3) is 0.455.